The third-order valence-electron chi connectivity index (χ3n) is 3.78. The van der Waals surface area contributed by atoms with Crippen LogP contribution in [-0.4, -0.2) is 39.0 Å². The molecular weight excluding hydrogens is 366 g/mol. The average Bonchev–Trinajstić information content (AvgIpc) is 2.98. The molecule has 0 fully saturated rings. The molecule has 1 aromatic carbocycles. The second-order valence-corrected chi connectivity index (χ2v) is 7.42. The Kier molecular flexibility index (Phi) is 8.12. The van der Waals surface area contributed by atoms with Crippen LogP contribution in [0.1, 0.15) is 25.8 Å². The van der Waals surface area contributed by atoms with E-state index in [1.165, 1.54) is 4.57 Å². The molecule has 3 amide bonds. The van der Waals surface area contributed by atoms with Gasteiger partial charge in [-0.3, -0.25) is 14.7 Å². The first-order chi connectivity index (χ1) is 13.0. The van der Waals surface area contributed by atoms with Gasteiger partial charge < -0.3 is 5.32 Å². The van der Waals surface area contributed by atoms with Crippen molar-refractivity contribution < 1.29 is 9.59 Å². The number of hydrogen-bond donors (Lipinski definition) is 3. The van der Waals surface area contributed by atoms with Crippen LogP contribution in [0.5, 0.6) is 0 Å². The fraction of sp³-hybridized carbons (Fsp3) is 0.444. The number of amides is 3. The molecule has 1 heterocycles. The Hall–Kier alpha value is -2.55. The summed E-state index contributed by atoms with van der Waals surface area (Å²) in [5.74, 6) is 0.0312. The molecule has 0 unspecified atom stereocenters. The van der Waals surface area contributed by atoms with E-state index in [-0.39, 0.29) is 11.4 Å². The highest BCUT2D eigenvalue weighted by Gasteiger charge is 2.13. The highest BCUT2D eigenvalue weighted by molar-refractivity contribution is 7.99. The summed E-state index contributed by atoms with van der Waals surface area (Å²) in [6.45, 7) is 5.09. The lowest BCUT2D eigenvalue weighted by Crippen LogP contribution is -2.40. The molecule has 2 aromatic rings. The minimum absolute atomic E-state index is 0.00672. The molecule has 8 nitrogen and oxygen atoms in total. The third-order valence-corrected chi connectivity index (χ3v) is 4.76. The molecule has 146 valence electrons. The highest BCUT2D eigenvalue weighted by atomic mass is 32.2. The van der Waals surface area contributed by atoms with Crippen molar-refractivity contribution in [3.63, 3.8) is 0 Å². The van der Waals surface area contributed by atoms with Gasteiger partial charge in [0, 0.05) is 13.1 Å². The number of urea groups is 1. The molecule has 0 aliphatic heterocycles. The Bertz CT molecular complexity index is 801. The zero-order valence-electron chi connectivity index (χ0n) is 15.5. The Morgan fingerprint density at radius 3 is 2.70 bits per heavy atom. The van der Waals surface area contributed by atoms with Crippen LogP contribution in [0.4, 0.5) is 4.79 Å². The van der Waals surface area contributed by atoms with Gasteiger partial charge in [0.1, 0.15) is 0 Å². The highest BCUT2D eigenvalue weighted by Crippen LogP contribution is 2.13. The fourth-order valence-electron chi connectivity index (χ4n) is 2.31. The van der Waals surface area contributed by atoms with Gasteiger partial charge in [0.25, 0.3) is 0 Å². The van der Waals surface area contributed by atoms with Crippen LogP contribution in [0.2, 0.25) is 0 Å². The number of hydrogen-bond acceptors (Lipinski definition) is 5. The molecule has 27 heavy (non-hydrogen) atoms. The maximum atomic E-state index is 11.9. The van der Waals surface area contributed by atoms with E-state index in [4.69, 9.17) is 0 Å². The van der Waals surface area contributed by atoms with Gasteiger partial charge in [-0.25, -0.2) is 14.7 Å². The van der Waals surface area contributed by atoms with Crippen LogP contribution in [-0.2, 0) is 17.8 Å². The van der Waals surface area contributed by atoms with E-state index in [9.17, 15) is 14.4 Å². The maximum absolute atomic E-state index is 11.9. The number of carbonyl (C=O) groups excluding carboxylic acids is 2. The van der Waals surface area contributed by atoms with E-state index in [0.717, 1.165) is 23.7 Å². The molecule has 0 radical (unpaired) electrons. The standard InChI is InChI=1S/C18H25N5O3S/c1-13(2)8-10-19-16(25)20-15(24)12-27-18-22-21-17(26)23(18)11-9-14-6-4-3-5-7-14/h3-7,13H,8-12H2,1-2H3,(H,21,26)(H2,19,20,24,25). The molecule has 0 bridgehead atoms. The topological polar surface area (TPSA) is 109 Å². The van der Waals surface area contributed by atoms with Gasteiger partial charge in [0.2, 0.25) is 5.91 Å². The summed E-state index contributed by atoms with van der Waals surface area (Å²) >= 11 is 1.11. The van der Waals surface area contributed by atoms with Gasteiger partial charge in [-0.15, -0.1) is 5.10 Å². The van der Waals surface area contributed by atoms with Crippen molar-refractivity contribution in [3.8, 4) is 0 Å². The van der Waals surface area contributed by atoms with Crippen molar-refractivity contribution in [2.24, 2.45) is 5.92 Å². The second kappa shape index (κ2) is 10.6. The molecule has 1 aromatic heterocycles. The SMILES string of the molecule is CC(C)CCNC(=O)NC(=O)CSc1n[nH]c(=O)n1CCc1ccccc1. The van der Waals surface area contributed by atoms with Crippen molar-refractivity contribution in [2.45, 2.75) is 38.4 Å². The molecule has 0 aliphatic carbocycles. The number of aromatic nitrogens is 3. The average molecular weight is 391 g/mol. The van der Waals surface area contributed by atoms with Gasteiger partial charge in [-0.1, -0.05) is 55.9 Å². The van der Waals surface area contributed by atoms with Gasteiger partial charge >= 0.3 is 11.7 Å². The summed E-state index contributed by atoms with van der Waals surface area (Å²) in [4.78, 5) is 35.5. The summed E-state index contributed by atoms with van der Waals surface area (Å²) in [5.41, 5.74) is 0.789. The van der Waals surface area contributed by atoms with Crippen LogP contribution in [0.25, 0.3) is 0 Å². The van der Waals surface area contributed by atoms with E-state index >= 15 is 0 Å². The number of thioether (sulfide) groups is 1. The quantitative estimate of drug-likeness (QED) is 0.565. The van der Waals surface area contributed by atoms with Crippen LogP contribution >= 0.6 is 11.8 Å². The lowest BCUT2D eigenvalue weighted by molar-refractivity contribution is -0.117. The minimum Gasteiger partial charge on any atom is -0.338 e. The van der Waals surface area contributed by atoms with Crippen LogP contribution in [0, 0.1) is 5.92 Å². The molecule has 0 spiro atoms. The molecule has 3 N–H and O–H groups in total. The summed E-state index contributed by atoms with van der Waals surface area (Å²) in [7, 11) is 0. The Balaban J connectivity index is 1.81. The van der Waals surface area contributed by atoms with Gasteiger partial charge in [-0.05, 0) is 24.3 Å². The number of nitrogens with zero attached hydrogens (tertiary/aromatic N) is 2. The number of carbonyl (C=O) groups is 2. The van der Waals surface area contributed by atoms with E-state index < -0.39 is 11.9 Å². The number of imide groups is 1. The maximum Gasteiger partial charge on any atom is 0.343 e. The lowest BCUT2D eigenvalue weighted by Gasteiger charge is -2.08. The number of aromatic amines is 1. The number of rotatable bonds is 9. The number of aryl methyl sites for hydroxylation is 1. The van der Waals surface area contributed by atoms with Crippen LogP contribution in [0.15, 0.2) is 40.3 Å². The second-order valence-electron chi connectivity index (χ2n) is 6.47. The number of benzene rings is 1. The zero-order valence-corrected chi connectivity index (χ0v) is 16.3. The number of H-pyrrole nitrogens is 1. The van der Waals surface area contributed by atoms with Crippen LogP contribution in [0.3, 0.4) is 0 Å². The molecule has 9 heteroatoms. The normalized spacial score (nSPS) is 10.8. The predicted octanol–water partition coefficient (Wildman–Crippen LogP) is 1.78. The summed E-state index contributed by atoms with van der Waals surface area (Å²) in [5, 5.41) is 11.7. The van der Waals surface area contributed by atoms with Gasteiger partial charge in [0.05, 0.1) is 5.75 Å². The largest absolute Gasteiger partial charge is 0.343 e. The van der Waals surface area contributed by atoms with Crippen molar-refractivity contribution in [3.05, 3.63) is 46.4 Å². The first-order valence-electron chi connectivity index (χ1n) is 8.85. The Morgan fingerprint density at radius 1 is 1.26 bits per heavy atom. The molecule has 0 saturated carbocycles. The molecule has 0 aliphatic rings. The zero-order chi connectivity index (χ0) is 19.6. The summed E-state index contributed by atoms with van der Waals surface area (Å²) in [6.07, 6.45) is 1.52. The Labute approximate surface area is 162 Å². The smallest absolute Gasteiger partial charge is 0.338 e. The first kappa shape index (κ1) is 20.8. The van der Waals surface area contributed by atoms with Gasteiger partial charge in [0.15, 0.2) is 5.16 Å². The first-order valence-corrected chi connectivity index (χ1v) is 9.84. The lowest BCUT2D eigenvalue weighted by atomic mass is 10.1. The molecule has 0 atom stereocenters. The minimum atomic E-state index is -0.509. The Morgan fingerprint density at radius 2 is 2.00 bits per heavy atom. The van der Waals surface area contributed by atoms with E-state index in [0.29, 0.717) is 30.6 Å². The number of nitrogens with one attached hydrogen (secondary N) is 3. The molecule has 2 rings (SSSR count). The van der Waals surface area contributed by atoms with Crippen LogP contribution < -0.4 is 16.3 Å². The van der Waals surface area contributed by atoms with E-state index in [2.05, 4.69) is 34.7 Å². The monoisotopic (exact) mass is 391 g/mol. The predicted molar refractivity (Wildman–Crippen MR) is 105 cm³/mol. The van der Waals surface area contributed by atoms with Crippen molar-refractivity contribution >= 4 is 23.7 Å². The van der Waals surface area contributed by atoms with Crippen molar-refractivity contribution in [1.82, 2.24) is 25.4 Å². The van der Waals surface area contributed by atoms with E-state index in [1.807, 2.05) is 30.3 Å². The van der Waals surface area contributed by atoms with Gasteiger partial charge in [-0.2, -0.15) is 0 Å². The fourth-order valence-corrected chi connectivity index (χ4v) is 3.08. The summed E-state index contributed by atoms with van der Waals surface area (Å²) in [6, 6.07) is 9.29. The third kappa shape index (κ3) is 7.30. The van der Waals surface area contributed by atoms with Crippen molar-refractivity contribution in [2.75, 3.05) is 12.3 Å². The van der Waals surface area contributed by atoms with E-state index in [1.54, 1.807) is 0 Å². The molecule has 0 saturated heterocycles. The molecular formula is C18H25N5O3S. The summed E-state index contributed by atoms with van der Waals surface area (Å²) < 4.78 is 1.49. The van der Waals surface area contributed by atoms with Crippen molar-refractivity contribution in [1.29, 1.82) is 0 Å².